The van der Waals surface area contributed by atoms with Gasteiger partial charge in [-0.1, -0.05) is 23.2 Å². The third kappa shape index (κ3) is 4.30. The monoisotopic (exact) mass is 353 g/mol. The van der Waals surface area contributed by atoms with Gasteiger partial charge in [-0.2, -0.15) is 0 Å². The van der Waals surface area contributed by atoms with Crippen LogP contribution in [0.3, 0.4) is 0 Å². The van der Waals surface area contributed by atoms with Gasteiger partial charge < -0.3 is 14.8 Å². The second kappa shape index (κ2) is 7.57. The fourth-order valence-corrected chi connectivity index (χ4v) is 2.75. The normalized spacial score (nSPS) is 11.7. The number of carbonyl (C=O) groups is 1. The molecule has 0 saturated heterocycles. The molecule has 0 bridgehead atoms. The Labute approximate surface area is 145 Å². The van der Waals surface area contributed by atoms with Crippen LogP contribution in [0.4, 0.5) is 0 Å². The SMILES string of the molecule is COc1ccc(OC)c([C@@H](C)NC(=O)c2cc(Cl)cc(Cl)c2)c1. The molecule has 0 fully saturated rings. The Kier molecular flexibility index (Phi) is 5.74. The topological polar surface area (TPSA) is 47.6 Å². The molecule has 122 valence electrons. The predicted octanol–water partition coefficient (Wildman–Crippen LogP) is 4.50. The van der Waals surface area contributed by atoms with Crippen LogP contribution in [-0.4, -0.2) is 20.1 Å². The third-order valence-electron chi connectivity index (χ3n) is 3.38. The van der Waals surface area contributed by atoms with Crippen LogP contribution in [0.5, 0.6) is 11.5 Å². The van der Waals surface area contributed by atoms with E-state index in [0.717, 1.165) is 5.56 Å². The minimum absolute atomic E-state index is 0.272. The van der Waals surface area contributed by atoms with E-state index in [0.29, 0.717) is 27.1 Å². The molecule has 6 heteroatoms. The Morgan fingerprint density at radius 2 is 1.70 bits per heavy atom. The number of carbonyl (C=O) groups excluding carboxylic acids is 1. The van der Waals surface area contributed by atoms with Gasteiger partial charge in [-0.3, -0.25) is 4.79 Å². The minimum Gasteiger partial charge on any atom is -0.497 e. The van der Waals surface area contributed by atoms with Crippen molar-refractivity contribution in [3.8, 4) is 11.5 Å². The molecular weight excluding hydrogens is 337 g/mol. The van der Waals surface area contributed by atoms with E-state index < -0.39 is 0 Å². The van der Waals surface area contributed by atoms with Crippen molar-refractivity contribution in [3.63, 3.8) is 0 Å². The van der Waals surface area contributed by atoms with Crippen LogP contribution in [0.2, 0.25) is 10.0 Å². The van der Waals surface area contributed by atoms with E-state index in [9.17, 15) is 4.79 Å². The second-order valence-corrected chi connectivity index (χ2v) is 5.83. The Morgan fingerprint density at radius 3 is 2.26 bits per heavy atom. The van der Waals surface area contributed by atoms with E-state index in [-0.39, 0.29) is 11.9 Å². The van der Waals surface area contributed by atoms with Gasteiger partial charge in [-0.05, 0) is 43.3 Å². The number of rotatable bonds is 5. The predicted molar refractivity (Wildman–Crippen MR) is 91.9 cm³/mol. The van der Waals surface area contributed by atoms with E-state index >= 15 is 0 Å². The standard InChI is InChI=1S/C17H17Cl2NO3/c1-10(15-9-14(22-2)4-5-16(15)23-3)20-17(21)11-6-12(18)8-13(19)7-11/h4-10H,1-3H3,(H,20,21)/t10-/m1/s1. The molecule has 1 atom stereocenters. The fraction of sp³-hybridized carbons (Fsp3) is 0.235. The molecular formula is C17H17Cl2NO3. The Bertz CT molecular complexity index is 699. The number of ether oxygens (including phenoxy) is 2. The summed E-state index contributed by atoms with van der Waals surface area (Å²) in [5.74, 6) is 1.09. The highest BCUT2D eigenvalue weighted by molar-refractivity contribution is 6.35. The van der Waals surface area contributed by atoms with E-state index in [1.165, 1.54) is 0 Å². The quantitative estimate of drug-likeness (QED) is 0.860. The summed E-state index contributed by atoms with van der Waals surface area (Å²) in [6.07, 6.45) is 0. The summed E-state index contributed by atoms with van der Waals surface area (Å²) >= 11 is 11.9. The lowest BCUT2D eigenvalue weighted by molar-refractivity contribution is 0.0939. The average molecular weight is 354 g/mol. The number of nitrogens with one attached hydrogen (secondary N) is 1. The maximum atomic E-state index is 12.4. The molecule has 0 aliphatic carbocycles. The van der Waals surface area contributed by atoms with Gasteiger partial charge in [0.05, 0.1) is 20.3 Å². The first-order valence-corrected chi connectivity index (χ1v) is 7.69. The Balaban J connectivity index is 2.24. The maximum Gasteiger partial charge on any atom is 0.251 e. The van der Waals surface area contributed by atoms with Gasteiger partial charge in [-0.15, -0.1) is 0 Å². The van der Waals surface area contributed by atoms with Gasteiger partial charge in [0.25, 0.3) is 5.91 Å². The molecule has 2 rings (SSSR count). The average Bonchev–Trinajstić information content (AvgIpc) is 2.53. The lowest BCUT2D eigenvalue weighted by Crippen LogP contribution is -2.27. The van der Waals surface area contributed by atoms with Crippen LogP contribution in [0.15, 0.2) is 36.4 Å². The number of methoxy groups -OCH3 is 2. The highest BCUT2D eigenvalue weighted by Crippen LogP contribution is 2.29. The first-order chi connectivity index (χ1) is 10.9. The summed E-state index contributed by atoms with van der Waals surface area (Å²) in [4.78, 5) is 12.4. The Morgan fingerprint density at radius 1 is 1.04 bits per heavy atom. The van der Waals surface area contributed by atoms with Gasteiger partial charge in [0.2, 0.25) is 0 Å². The van der Waals surface area contributed by atoms with Crippen molar-refractivity contribution in [1.29, 1.82) is 0 Å². The summed E-state index contributed by atoms with van der Waals surface area (Å²) in [5.41, 5.74) is 1.21. The lowest BCUT2D eigenvalue weighted by atomic mass is 10.1. The third-order valence-corrected chi connectivity index (χ3v) is 3.81. The maximum absolute atomic E-state index is 12.4. The fourth-order valence-electron chi connectivity index (χ4n) is 2.22. The first-order valence-electron chi connectivity index (χ1n) is 6.93. The molecule has 1 amide bonds. The van der Waals surface area contributed by atoms with Crippen molar-refractivity contribution in [2.24, 2.45) is 0 Å². The number of amides is 1. The molecule has 23 heavy (non-hydrogen) atoms. The van der Waals surface area contributed by atoms with Gasteiger partial charge in [0.1, 0.15) is 11.5 Å². The Hall–Kier alpha value is -1.91. The minimum atomic E-state index is -0.287. The van der Waals surface area contributed by atoms with Crippen molar-refractivity contribution in [3.05, 3.63) is 57.6 Å². The van der Waals surface area contributed by atoms with E-state index in [2.05, 4.69) is 5.32 Å². The van der Waals surface area contributed by atoms with Gasteiger partial charge in [0.15, 0.2) is 0 Å². The van der Waals surface area contributed by atoms with E-state index in [1.807, 2.05) is 13.0 Å². The van der Waals surface area contributed by atoms with E-state index in [1.54, 1.807) is 44.6 Å². The zero-order valence-corrected chi connectivity index (χ0v) is 14.5. The summed E-state index contributed by atoms with van der Waals surface area (Å²) in [7, 11) is 3.17. The molecule has 0 saturated carbocycles. The van der Waals surface area contributed by atoms with Crippen LogP contribution in [0.1, 0.15) is 28.9 Å². The highest BCUT2D eigenvalue weighted by Gasteiger charge is 2.17. The van der Waals surface area contributed by atoms with Crippen LogP contribution < -0.4 is 14.8 Å². The summed E-state index contributed by atoms with van der Waals surface area (Å²) in [6, 6.07) is 9.85. The number of benzene rings is 2. The highest BCUT2D eigenvalue weighted by atomic mass is 35.5. The molecule has 0 aliphatic rings. The molecule has 0 unspecified atom stereocenters. The number of halogens is 2. The van der Waals surface area contributed by atoms with Gasteiger partial charge in [-0.25, -0.2) is 0 Å². The molecule has 2 aromatic carbocycles. The zero-order chi connectivity index (χ0) is 17.0. The van der Waals surface area contributed by atoms with Crippen molar-refractivity contribution in [1.82, 2.24) is 5.32 Å². The molecule has 0 spiro atoms. The molecule has 4 nitrogen and oxygen atoms in total. The molecule has 0 radical (unpaired) electrons. The summed E-state index contributed by atoms with van der Waals surface area (Å²) < 4.78 is 10.6. The van der Waals surface area contributed by atoms with Crippen molar-refractivity contribution >= 4 is 29.1 Å². The summed E-state index contributed by atoms with van der Waals surface area (Å²) in [5, 5.41) is 3.72. The number of hydrogen-bond acceptors (Lipinski definition) is 3. The second-order valence-electron chi connectivity index (χ2n) is 4.96. The van der Waals surface area contributed by atoms with Crippen LogP contribution in [0.25, 0.3) is 0 Å². The van der Waals surface area contributed by atoms with Crippen molar-refractivity contribution < 1.29 is 14.3 Å². The smallest absolute Gasteiger partial charge is 0.251 e. The van der Waals surface area contributed by atoms with Gasteiger partial charge in [0, 0.05) is 21.2 Å². The van der Waals surface area contributed by atoms with E-state index in [4.69, 9.17) is 32.7 Å². The summed E-state index contributed by atoms with van der Waals surface area (Å²) in [6.45, 7) is 1.86. The van der Waals surface area contributed by atoms with Crippen LogP contribution >= 0.6 is 23.2 Å². The zero-order valence-electron chi connectivity index (χ0n) is 13.0. The van der Waals surface area contributed by atoms with Crippen LogP contribution in [0, 0.1) is 0 Å². The molecule has 1 N–H and O–H groups in total. The molecule has 0 heterocycles. The van der Waals surface area contributed by atoms with Gasteiger partial charge >= 0.3 is 0 Å². The number of hydrogen-bond donors (Lipinski definition) is 1. The lowest BCUT2D eigenvalue weighted by Gasteiger charge is -2.18. The largest absolute Gasteiger partial charge is 0.497 e. The molecule has 2 aromatic rings. The first kappa shape index (κ1) is 17.4. The molecule has 0 aromatic heterocycles. The van der Waals surface area contributed by atoms with Crippen molar-refractivity contribution in [2.45, 2.75) is 13.0 Å². The van der Waals surface area contributed by atoms with Crippen LogP contribution in [-0.2, 0) is 0 Å². The molecule has 0 aliphatic heterocycles. The van der Waals surface area contributed by atoms with Crippen molar-refractivity contribution in [2.75, 3.05) is 14.2 Å².